The third kappa shape index (κ3) is 5.16. The number of piperidine rings is 1. The monoisotopic (exact) mass is 272 g/mol. The summed E-state index contributed by atoms with van der Waals surface area (Å²) in [4.78, 5) is 24.5. The predicted molar refractivity (Wildman–Crippen MR) is 70.2 cm³/mol. The minimum Gasteiger partial charge on any atom is -0.466 e. The van der Waals surface area contributed by atoms with Crippen molar-refractivity contribution in [3.8, 4) is 0 Å². The van der Waals surface area contributed by atoms with Gasteiger partial charge in [-0.15, -0.1) is 0 Å². The van der Waals surface area contributed by atoms with E-state index in [9.17, 15) is 14.7 Å². The lowest BCUT2D eigenvalue weighted by molar-refractivity contribution is -0.146. The molecule has 1 rings (SSSR count). The van der Waals surface area contributed by atoms with E-state index in [-0.39, 0.29) is 24.3 Å². The fraction of sp³-hybridized carbons (Fsp3) is 0.846. The van der Waals surface area contributed by atoms with E-state index >= 15 is 0 Å². The number of amides is 1. The van der Waals surface area contributed by atoms with Gasteiger partial charge in [-0.1, -0.05) is 0 Å². The van der Waals surface area contributed by atoms with E-state index < -0.39 is 12.1 Å². The molecule has 110 valence electrons. The van der Waals surface area contributed by atoms with E-state index in [2.05, 4.69) is 0 Å². The quantitative estimate of drug-likeness (QED) is 0.658. The zero-order valence-corrected chi connectivity index (χ0v) is 11.7. The van der Waals surface area contributed by atoms with E-state index in [4.69, 9.17) is 10.5 Å². The molecule has 1 amide bonds. The van der Waals surface area contributed by atoms with E-state index in [1.54, 1.807) is 6.92 Å². The van der Waals surface area contributed by atoms with Crippen LogP contribution in [0.4, 0.5) is 0 Å². The van der Waals surface area contributed by atoms with Gasteiger partial charge in [0.1, 0.15) is 0 Å². The summed E-state index contributed by atoms with van der Waals surface area (Å²) in [5, 5.41) is 9.88. The van der Waals surface area contributed by atoms with Crippen LogP contribution in [0.3, 0.4) is 0 Å². The number of carbonyl (C=O) groups is 2. The predicted octanol–water partition coefficient (Wildman–Crippen LogP) is -0.114. The number of carbonyl (C=O) groups excluding carboxylic acids is 2. The van der Waals surface area contributed by atoms with E-state index in [0.29, 0.717) is 19.7 Å². The van der Waals surface area contributed by atoms with Crippen molar-refractivity contribution >= 4 is 11.9 Å². The lowest BCUT2D eigenvalue weighted by Gasteiger charge is -2.37. The van der Waals surface area contributed by atoms with Crippen LogP contribution in [0.5, 0.6) is 0 Å². The van der Waals surface area contributed by atoms with Gasteiger partial charge in [-0.3, -0.25) is 14.5 Å². The second-order valence-electron chi connectivity index (χ2n) is 5.14. The summed E-state index contributed by atoms with van der Waals surface area (Å²) < 4.78 is 4.80. The van der Waals surface area contributed by atoms with E-state index in [1.807, 2.05) is 11.8 Å². The second kappa shape index (κ2) is 7.45. The zero-order chi connectivity index (χ0) is 14.4. The third-order valence-corrected chi connectivity index (χ3v) is 3.57. The Kier molecular flexibility index (Phi) is 6.24. The van der Waals surface area contributed by atoms with Crippen LogP contribution in [-0.4, -0.2) is 53.7 Å². The number of ether oxygens (including phenoxy) is 1. The molecule has 1 aliphatic rings. The molecule has 1 aliphatic heterocycles. The van der Waals surface area contributed by atoms with Crippen LogP contribution in [0, 0.1) is 5.92 Å². The first kappa shape index (κ1) is 15.9. The highest BCUT2D eigenvalue weighted by Crippen LogP contribution is 2.22. The van der Waals surface area contributed by atoms with E-state index in [0.717, 1.165) is 12.8 Å². The molecule has 0 aromatic rings. The topological polar surface area (TPSA) is 92.9 Å². The Bertz CT molecular complexity index is 322. The maximum absolute atomic E-state index is 11.3. The highest BCUT2D eigenvalue weighted by molar-refractivity contribution is 5.77. The lowest BCUT2D eigenvalue weighted by Crippen LogP contribution is -2.48. The van der Waals surface area contributed by atoms with Gasteiger partial charge in [-0.25, -0.2) is 0 Å². The van der Waals surface area contributed by atoms with Crippen LogP contribution >= 0.6 is 0 Å². The number of esters is 1. The van der Waals surface area contributed by atoms with Gasteiger partial charge >= 0.3 is 5.97 Å². The average molecular weight is 272 g/mol. The molecule has 3 N–H and O–H groups in total. The highest BCUT2D eigenvalue weighted by atomic mass is 16.5. The standard InChI is InChI=1S/C13H24N2O4/c1-3-19-12(17)6-11(16)8-15-7-10(13(14)18)5-4-9(15)2/h9-11,16H,3-8H2,1-2H3,(H2,14,18). The number of β-amino-alcohol motifs (C(OH)–C–C–N with tert-alkyl or cyclic N) is 1. The summed E-state index contributed by atoms with van der Waals surface area (Å²) in [6.07, 6.45) is 0.882. The molecular weight excluding hydrogens is 248 g/mol. The van der Waals surface area contributed by atoms with Gasteiger partial charge in [-0.05, 0) is 26.7 Å². The molecule has 3 atom stereocenters. The van der Waals surface area contributed by atoms with Crippen LogP contribution < -0.4 is 5.73 Å². The molecule has 1 fully saturated rings. The van der Waals surface area contributed by atoms with Crippen LogP contribution in [0.15, 0.2) is 0 Å². The van der Waals surface area contributed by atoms with Gasteiger partial charge in [0.05, 0.1) is 25.0 Å². The van der Waals surface area contributed by atoms with Gasteiger partial charge in [0.15, 0.2) is 0 Å². The SMILES string of the molecule is CCOC(=O)CC(O)CN1CC(C(N)=O)CCC1C. The number of nitrogens with zero attached hydrogens (tertiary/aromatic N) is 1. The van der Waals surface area contributed by atoms with Crippen molar-refractivity contribution in [3.63, 3.8) is 0 Å². The van der Waals surface area contributed by atoms with Crippen molar-refractivity contribution in [1.29, 1.82) is 0 Å². The molecule has 0 spiro atoms. The van der Waals surface area contributed by atoms with Gasteiger partial charge in [0, 0.05) is 19.1 Å². The second-order valence-corrected chi connectivity index (χ2v) is 5.14. The maximum atomic E-state index is 11.3. The number of rotatable bonds is 6. The summed E-state index contributed by atoms with van der Waals surface area (Å²) in [5.41, 5.74) is 5.32. The molecule has 0 aromatic heterocycles. The summed E-state index contributed by atoms with van der Waals surface area (Å²) in [6, 6.07) is 0.285. The number of hydrogen-bond acceptors (Lipinski definition) is 5. The number of likely N-dealkylation sites (tertiary alicyclic amines) is 1. The fourth-order valence-corrected chi connectivity index (χ4v) is 2.41. The molecule has 0 bridgehead atoms. The number of primary amides is 1. The molecule has 0 aromatic carbocycles. The summed E-state index contributed by atoms with van der Waals surface area (Å²) in [5.74, 6) is -0.853. The summed E-state index contributed by atoms with van der Waals surface area (Å²) in [7, 11) is 0. The van der Waals surface area contributed by atoms with Gasteiger partial charge < -0.3 is 15.6 Å². The van der Waals surface area contributed by atoms with Gasteiger partial charge in [-0.2, -0.15) is 0 Å². The van der Waals surface area contributed by atoms with Crippen molar-refractivity contribution in [3.05, 3.63) is 0 Å². The maximum Gasteiger partial charge on any atom is 0.308 e. The normalized spacial score (nSPS) is 25.8. The number of hydrogen-bond donors (Lipinski definition) is 2. The minimum absolute atomic E-state index is 0.0156. The van der Waals surface area contributed by atoms with Crippen LogP contribution in [0.1, 0.15) is 33.1 Å². The van der Waals surface area contributed by atoms with Gasteiger partial charge in [0.2, 0.25) is 5.91 Å². The number of nitrogens with two attached hydrogens (primary N) is 1. The van der Waals surface area contributed by atoms with Crippen molar-refractivity contribution in [2.24, 2.45) is 11.7 Å². The number of aliphatic hydroxyl groups is 1. The Hall–Kier alpha value is -1.14. The molecule has 1 saturated heterocycles. The molecule has 0 radical (unpaired) electrons. The molecular formula is C13H24N2O4. The van der Waals surface area contributed by atoms with Crippen molar-refractivity contribution in [2.75, 3.05) is 19.7 Å². The Morgan fingerprint density at radius 3 is 2.74 bits per heavy atom. The van der Waals surface area contributed by atoms with Crippen molar-refractivity contribution in [2.45, 2.75) is 45.3 Å². The Balaban J connectivity index is 2.44. The Morgan fingerprint density at radius 1 is 1.47 bits per heavy atom. The first-order chi connectivity index (χ1) is 8.93. The first-order valence-corrected chi connectivity index (χ1v) is 6.81. The number of aliphatic hydroxyl groups excluding tert-OH is 1. The average Bonchev–Trinajstić information content (AvgIpc) is 2.31. The summed E-state index contributed by atoms with van der Waals surface area (Å²) in [6.45, 7) is 5.01. The first-order valence-electron chi connectivity index (χ1n) is 6.81. The van der Waals surface area contributed by atoms with Crippen molar-refractivity contribution < 1.29 is 19.4 Å². The molecule has 0 saturated carbocycles. The molecule has 1 heterocycles. The zero-order valence-electron chi connectivity index (χ0n) is 11.7. The smallest absolute Gasteiger partial charge is 0.308 e. The molecule has 19 heavy (non-hydrogen) atoms. The van der Waals surface area contributed by atoms with E-state index in [1.165, 1.54) is 0 Å². The largest absolute Gasteiger partial charge is 0.466 e. The molecule has 3 unspecified atom stereocenters. The molecule has 6 heteroatoms. The Morgan fingerprint density at radius 2 is 2.16 bits per heavy atom. The van der Waals surface area contributed by atoms with Crippen molar-refractivity contribution in [1.82, 2.24) is 4.90 Å². The summed E-state index contributed by atoms with van der Waals surface area (Å²) >= 11 is 0. The van der Waals surface area contributed by atoms with Crippen LogP contribution in [-0.2, 0) is 14.3 Å². The molecule has 6 nitrogen and oxygen atoms in total. The Labute approximate surface area is 113 Å². The minimum atomic E-state index is -0.770. The highest BCUT2D eigenvalue weighted by Gasteiger charge is 2.30. The van der Waals surface area contributed by atoms with Crippen LogP contribution in [0.25, 0.3) is 0 Å². The third-order valence-electron chi connectivity index (χ3n) is 3.57. The lowest BCUT2D eigenvalue weighted by atomic mass is 9.92. The van der Waals surface area contributed by atoms with Gasteiger partial charge in [0.25, 0.3) is 0 Å². The molecule has 0 aliphatic carbocycles. The fourth-order valence-electron chi connectivity index (χ4n) is 2.41. The van der Waals surface area contributed by atoms with Crippen LogP contribution in [0.2, 0.25) is 0 Å².